The second-order valence-electron chi connectivity index (χ2n) is 5.64. The van der Waals surface area contributed by atoms with Crippen molar-refractivity contribution in [2.24, 2.45) is 0 Å². The van der Waals surface area contributed by atoms with Gasteiger partial charge in [-0.1, -0.05) is 54.9 Å². The smallest absolute Gasteiger partial charge is 0.251 e. The van der Waals surface area contributed by atoms with Gasteiger partial charge in [-0.3, -0.25) is 9.59 Å². The van der Waals surface area contributed by atoms with Crippen molar-refractivity contribution in [2.45, 2.75) is 42.1 Å². The van der Waals surface area contributed by atoms with Gasteiger partial charge in [0.2, 0.25) is 5.91 Å². The van der Waals surface area contributed by atoms with Gasteiger partial charge in [0.1, 0.15) is 5.25 Å². The summed E-state index contributed by atoms with van der Waals surface area (Å²) in [5.41, 5.74) is 0.685. The van der Waals surface area contributed by atoms with E-state index in [0.717, 1.165) is 18.4 Å². The third kappa shape index (κ3) is 4.22. The summed E-state index contributed by atoms with van der Waals surface area (Å²) in [5.74, 6) is -0.0281. The maximum absolute atomic E-state index is 12.7. The Labute approximate surface area is 138 Å². The van der Waals surface area contributed by atoms with Crippen LogP contribution in [0.5, 0.6) is 0 Å². The molecule has 0 saturated heterocycles. The number of carbonyl (C=O) groups is 1. The molecule has 1 aliphatic rings. The molecule has 1 aromatic heterocycles. The molecular formula is C17H19N3O2S. The molecule has 1 saturated carbocycles. The molecule has 2 aromatic rings. The van der Waals surface area contributed by atoms with Gasteiger partial charge in [-0.15, -0.1) is 0 Å². The van der Waals surface area contributed by atoms with Crippen molar-refractivity contribution < 1.29 is 4.79 Å². The molecule has 1 aliphatic carbocycles. The van der Waals surface area contributed by atoms with Crippen LogP contribution < -0.4 is 10.9 Å². The Morgan fingerprint density at radius 2 is 1.96 bits per heavy atom. The van der Waals surface area contributed by atoms with Crippen molar-refractivity contribution in [3.8, 4) is 0 Å². The third-order valence-electron chi connectivity index (χ3n) is 3.92. The van der Waals surface area contributed by atoms with Crippen LogP contribution in [0.4, 0.5) is 0 Å². The van der Waals surface area contributed by atoms with E-state index in [1.54, 1.807) is 0 Å². The van der Waals surface area contributed by atoms with Crippen LogP contribution in [0.15, 0.2) is 52.5 Å². The second kappa shape index (κ2) is 7.46. The first-order chi connectivity index (χ1) is 11.2. The van der Waals surface area contributed by atoms with Crippen LogP contribution in [0.2, 0.25) is 0 Å². The van der Waals surface area contributed by atoms with Gasteiger partial charge in [0, 0.05) is 18.3 Å². The predicted molar refractivity (Wildman–Crippen MR) is 90.3 cm³/mol. The second-order valence-corrected chi connectivity index (χ2v) is 6.73. The Morgan fingerprint density at radius 3 is 2.65 bits per heavy atom. The van der Waals surface area contributed by atoms with Gasteiger partial charge in [0.15, 0.2) is 5.16 Å². The molecule has 0 aliphatic heterocycles. The lowest BCUT2D eigenvalue weighted by atomic mass is 10.1. The van der Waals surface area contributed by atoms with Gasteiger partial charge in [-0.05, 0) is 18.4 Å². The molecule has 1 fully saturated rings. The summed E-state index contributed by atoms with van der Waals surface area (Å²) < 4.78 is 0. The molecule has 3 rings (SSSR count). The highest BCUT2D eigenvalue weighted by molar-refractivity contribution is 8.00. The normalized spacial score (nSPS) is 16.2. The highest BCUT2D eigenvalue weighted by atomic mass is 32.2. The van der Waals surface area contributed by atoms with Crippen LogP contribution in [0.25, 0.3) is 0 Å². The SMILES string of the molecule is O=C(NC1CCCC1)[C@@H](Sc1nccc(=O)[nH]1)c1ccccc1. The molecule has 1 atom stereocenters. The van der Waals surface area contributed by atoms with Crippen molar-refractivity contribution in [2.75, 3.05) is 0 Å². The number of rotatable bonds is 5. The van der Waals surface area contributed by atoms with Gasteiger partial charge in [0.05, 0.1) is 0 Å². The molecule has 23 heavy (non-hydrogen) atoms. The van der Waals surface area contributed by atoms with Gasteiger partial charge < -0.3 is 10.3 Å². The number of nitrogens with zero attached hydrogens (tertiary/aromatic N) is 1. The van der Waals surface area contributed by atoms with Crippen molar-refractivity contribution in [3.05, 3.63) is 58.5 Å². The van der Waals surface area contributed by atoms with Gasteiger partial charge in [-0.2, -0.15) is 0 Å². The highest BCUT2D eigenvalue weighted by Gasteiger charge is 2.26. The van der Waals surface area contributed by atoms with Crippen LogP contribution >= 0.6 is 11.8 Å². The lowest BCUT2D eigenvalue weighted by Gasteiger charge is -2.19. The summed E-state index contributed by atoms with van der Waals surface area (Å²) >= 11 is 1.27. The first-order valence-electron chi connectivity index (χ1n) is 7.80. The molecule has 6 heteroatoms. The number of carbonyl (C=O) groups excluding carboxylic acids is 1. The molecule has 120 valence electrons. The Balaban J connectivity index is 1.81. The quantitative estimate of drug-likeness (QED) is 0.653. The first kappa shape index (κ1) is 15.8. The minimum atomic E-state index is -0.428. The summed E-state index contributed by atoms with van der Waals surface area (Å²) in [4.78, 5) is 31.0. The summed E-state index contributed by atoms with van der Waals surface area (Å²) in [6.07, 6.45) is 5.87. The number of hydrogen-bond donors (Lipinski definition) is 2. The number of aromatic amines is 1. The lowest BCUT2D eigenvalue weighted by molar-refractivity contribution is -0.121. The van der Waals surface area contributed by atoms with Crippen molar-refractivity contribution in [3.63, 3.8) is 0 Å². The molecule has 0 bridgehead atoms. The number of amides is 1. The molecule has 0 spiro atoms. The maximum Gasteiger partial charge on any atom is 0.251 e. The third-order valence-corrected chi connectivity index (χ3v) is 5.07. The fourth-order valence-corrected chi connectivity index (χ4v) is 3.74. The largest absolute Gasteiger partial charge is 0.352 e. The average Bonchev–Trinajstić information content (AvgIpc) is 3.06. The number of thioether (sulfide) groups is 1. The number of aromatic nitrogens is 2. The number of H-pyrrole nitrogens is 1. The Bertz CT molecular complexity index is 711. The predicted octanol–water partition coefficient (Wildman–Crippen LogP) is 2.66. The zero-order chi connectivity index (χ0) is 16.1. The fraction of sp³-hybridized carbons (Fsp3) is 0.353. The molecule has 0 unspecified atom stereocenters. The van der Waals surface area contributed by atoms with E-state index in [2.05, 4.69) is 15.3 Å². The van der Waals surface area contributed by atoms with Crippen LogP contribution in [0, 0.1) is 0 Å². The zero-order valence-electron chi connectivity index (χ0n) is 12.7. The molecule has 2 N–H and O–H groups in total. The van der Waals surface area contributed by atoms with E-state index in [1.807, 2.05) is 30.3 Å². The van der Waals surface area contributed by atoms with E-state index in [-0.39, 0.29) is 17.5 Å². The first-order valence-corrected chi connectivity index (χ1v) is 8.67. The van der Waals surface area contributed by atoms with Gasteiger partial charge >= 0.3 is 0 Å². The Morgan fingerprint density at radius 1 is 1.22 bits per heavy atom. The van der Waals surface area contributed by atoms with Crippen LogP contribution in [-0.2, 0) is 4.79 Å². The zero-order valence-corrected chi connectivity index (χ0v) is 13.5. The molecule has 1 aromatic carbocycles. The van der Waals surface area contributed by atoms with E-state index in [9.17, 15) is 9.59 Å². The summed E-state index contributed by atoms with van der Waals surface area (Å²) in [6, 6.07) is 11.2. The monoisotopic (exact) mass is 329 g/mol. The number of nitrogens with one attached hydrogen (secondary N) is 2. The minimum Gasteiger partial charge on any atom is -0.352 e. The van der Waals surface area contributed by atoms with Crippen molar-refractivity contribution >= 4 is 17.7 Å². The molecule has 1 heterocycles. The van der Waals surface area contributed by atoms with Gasteiger partial charge in [-0.25, -0.2) is 4.98 Å². The maximum atomic E-state index is 12.7. The average molecular weight is 329 g/mol. The Hall–Kier alpha value is -2.08. The summed E-state index contributed by atoms with van der Waals surface area (Å²) in [5, 5.41) is 3.16. The molecule has 1 amide bonds. The fourth-order valence-electron chi connectivity index (χ4n) is 2.77. The summed E-state index contributed by atoms with van der Waals surface area (Å²) in [6.45, 7) is 0. The van der Waals surface area contributed by atoms with E-state index in [4.69, 9.17) is 0 Å². The molecule has 5 nitrogen and oxygen atoms in total. The van der Waals surface area contributed by atoms with Gasteiger partial charge in [0.25, 0.3) is 5.56 Å². The van der Waals surface area contributed by atoms with E-state index in [1.165, 1.54) is 36.9 Å². The molecular weight excluding hydrogens is 310 g/mol. The van der Waals surface area contributed by atoms with Crippen molar-refractivity contribution in [1.29, 1.82) is 0 Å². The Kier molecular flexibility index (Phi) is 5.12. The summed E-state index contributed by atoms with van der Waals surface area (Å²) in [7, 11) is 0. The van der Waals surface area contributed by atoms with Crippen LogP contribution in [-0.4, -0.2) is 21.9 Å². The van der Waals surface area contributed by atoms with E-state index in [0.29, 0.717) is 5.16 Å². The number of hydrogen-bond acceptors (Lipinski definition) is 4. The van der Waals surface area contributed by atoms with Crippen LogP contribution in [0.3, 0.4) is 0 Å². The minimum absolute atomic E-state index is 0.0281. The topological polar surface area (TPSA) is 74.8 Å². The van der Waals surface area contributed by atoms with Crippen molar-refractivity contribution in [1.82, 2.24) is 15.3 Å². The van der Waals surface area contributed by atoms with Crippen LogP contribution in [0.1, 0.15) is 36.5 Å². The van der Waals surface area contributed by atoms with E-state index < -0.39 is 5.25 Å². The lowest BCUT2D eigenvalue weighted by Crippen LogP contribution is -2.35. The standard InChI is InChI=1S/C17H19N3O2S/c21-14-10-11-18-17(20-14)23-15(12-6-2-1-3-7-12)16(22)19-13-8-4-5-9-13/h1-3,6-7,10-11,13,15H,4-5,8-9H2,(H,19,22)(H,18,20,21)/t15-/m0/s1. The van der Waals surface area contributed by atoms with E-state index >= 15 is 0 Å². The number of benzene rings is 1. The highest BCUT2D eigenvalue weighted by Crippen LogP contribution is 2.33. The molecule has 0 radical (unpaired) electrons.